The number of allylic oxidation sites excluding steroid dienone is 2. The van der Waals surface area contributed by atoms with Crippen molar-refractivity contribution in [2.45, 2.75) is 30.6 Å². The molecule has 0 bridgehead atoms. The van der Waals surface area contributed by atoms with Crippen molar-refractivity contribution in [2.24, 2.45) is 0 Å². The van der Waals surface area contributed by atoms with Gasteiger partial charge in [-0.25, -0.2) is 13.1 Å². The second kappa shape index (κ2) is 7.88. The minimum absolute atomic E-state index is 0.0352. The number of non-ortho nitro benzene ring substituents is 1. The van der Waals surface area contributed by atoms with Gasteiger partial charge in [0.15, 0.2) is 0 Å². The van der Waals surface area contributed by atoms with Crippen LogP contribution in [0.5, 0.6) is 0 Å². The highest BCUT2D eigenvalue weighted by Gasteiger charge is 2.16. The molecule has 10 heteroatoms. The molecule has 130 valence electrons. The third kappa shape index (κ3) is 5.03. The molecule has 9 nitrogen and oxygen atoms in total. The molecule has 0 fully saturated rings. The number of nitrogens with zero attached hydrogens (tertiary/aromatic N) is 1. The van der Waals surface area contributed by atoms with Crippen LogP contribution in [0.25, 0.3) is 0 Å². The van der Waals surface area contributed by atoms with Crippen LogP contribution in [0.15, 0.2) is 40.9 Å². The van der Waals surface area contributed by atoms with Gasteiger partial charge in [0.2, 0.25) is 15.9 Å². The van der Waals surface area contributed by atoms with Gasteiger partial charge in [0.1, 0.15) is 0 Å². The summed E-state index contributed by atoms with van der Waals surface area (Å²) >= 11 is 0. The van der Waals surface area contributed by atoms with Gasteiger partial charge >= 0.3 is 0 Å². The number of benzene rings is 1. The number of amides is 1. The SMILES string of the molecule is O=C(CCNS(=O)(=O)c1ccc([N+](=O)[O-])cc1)NNC1=CCCC1. The lowest BCUT2D eigenvalue weighted by molar-refractivity contribution is -0.384. The number of nitro groups is 1. The summed E-state index contributed by atoms with van der Waals surface area (Å²) in [5, 5.41) is 10.6. The highest BCUT2D eigenvalue weighted by atomic mass is 32.2. The summed E-state index contributed by atoms with van der Waals surface area (Å²) in [7, 11) is -3.81. The van der Waals surface area contributed by atoms with E-state index in [1.54, 1.807) is 0 Å². The summed E-state index contributed by atoms with van der Waals surface area (Å²) in [5.74, 6) is -0.339. The molecule has 2 rings (SSSR count). The zero-order valence-electron chi connectivity index (χ0n) is 12.8. The first-order valence-electron chi connectivity index (χ1n) is 7.36. The Morgan fingerprint density at radius 3 is 2.54 bits per heavy atom. The predicted molar refractivity (Wildman–Crippen MR) is 86.1 cm³/mol. The van der Waals surface area contributed by atoms with E-state index >= 15 is 0 Å². The highest BCUT2D eigenvalue weighted by molar-refractivity contribution is 7.89. The van der Waals surface area contributed by atoms with Gasteiger partial charge in [-0.2, -0.15) is 0 Å². The van der Waals surface area contributed by atoms with Crippen molar-refractivity contribution in [3.63, 3.8) is 0 Å². The zero-order chi connectivity index (χ0) is 17.6. The third-order valence-corrected chi connectivity index (χ3v) is 4.88. The van der Waals surface area contributed by atoms with Crippen LogP contribution in [0.1, 0.15) is 25.7 Å². The molecule has 0 aromatic heterocycles. The Morgan fingerprint density at radius 1 is 1.25 bits per heavy atom. The molecular weight excluding hydrogens is 336 g/mol. The fourth-order valence-corrected chi connectivity index (χ4v) is 3.16. The monoisotopic (exact) mass is 354 g/mol. The number of sulfonamides is 1. The molecule has 3 N–H and O–H groups in total. The summed E-state index contributed by atoms with van der Waals surface area (Å²) in [5.41, 5.74) is 6.06. The number of nitrogens with one attached hydrogen (secondary N) is 3. The van der Waals surface area contributed by atoms with Gasteiger partial charge in [-0.15, -0.1) is 0 Å². The lowest BCUT2D eigenvalue weighted by Gasteiger charge is -2.10. The number of carbonyl (C=O) groups is 1. The lowest BCUT2D eigenvalue weighted by atomic mass is 10.3. The summed E-state index contributed by atoms with van der Waals surface area (Å²) in [6.07, 6.45) is 4.87. The zero-order valence-corrected chi connectivity index (χ0v) is 13.6. The van der Waals surface area contributed by atoms with Gasteiger partial charge in [-0.05, 0) is 31.4 Å². The second-order valence-electron chi connectivity index (χ2n) is 5.19. The van der Waals surface area contributed by atoms with E-state index in [-0.39, 0.29) is 29.5 Å². The first-order chi connectivity index (χ1) is 11.4. The first-order valence-corrected chi connectivity index (χ1v) is 8.85. The smallest absolute Gasteiger partial charge is 0.269 e. The molecule has 1 aliphatic rings. The maximum atomic E-state index is 12.0. The van der Waals surface area contributed by atoms with Gasteiger partial charge in [-0.1, -0.05) is 6.08 Å². The minimum Gasteiger partial charge on any atom is -0.303 e. The Morgan fingerprint density at radius 2 is 1.96 bits per heavy atom. The van der Waals surface area contributed by atoms with Crippen LogP contribution < -0.4 is 15.6 Å². The number of hydrogen-bond donors (Lipinski definition) is 3. The molecule has 0 spiro atoms. The Labute approximate surface area is 139 Å². The number of rotatable bonds is 8. The molecule has 1 aliphatic carbocycles. The largest absolute Gasteiger partial charge is 0.303 e. The van der Waals surface area contributed by atoms with Gasteiger partial charge in [-0.3, -0.25) is 20.3 Å². The highest BCUT2D eigenvalue weighted by Crippen LogP contribution is 2.15. The molecule has 24 heavy (non-hydrogen) atoms. The number of carbonyl (C=O) groups excluding carboxylic acids is 1. The molecule has 0 aliphatic heterocycles. The van der Waals surface area contributed by atoms with Crippen molar-refractivity contribution >= 4 is 21.6 Å². The van der Waals surface area contributed by atoms with Crippen LogP contribution in [0.3, 0.4) is 0 Å². The van der Waals surface area contributed by atoms with Gasteiger partial charge in [0.05, 0.1) is 9.82 Å². The van der Waals surface area contributed by atoms with E-state index in [0.717, 1.165) is 49.2 Å². The van der Waals surface area contributed by atoms with Crippen LogP contribution in [0.2, 0.25) is 0 Å². The van der Waals surface area contributed by atoms with Crippen molar-refractivity contribution in [1.29, 1.82) is 0 Å². The Balaban J connectivity index is 1.79. The van der Waals surface area contributed by atoms with Crippen LogP contribution >= 0.6 is 0 Å². The standard InChI is InChI=1S/C14H18N4O5S/c19-14(17-16-11-3-1-2-4-11)9-10-15-24(22,23)13-7-5-12(6-8-13)18(20)21/h3,5-8,15-16H,1-2,4,9-10H2,(H,17,19). The van der Waals surface area contributed by atoms with Crippen LogP contribution in [-0.2, 0) is 14.8 Å². The predicted octanol–water partition coefficient (Wildman–Crippen LogP) is 0.952. The van der Waals surface area contributed by atoms with E-state index in [2.05, 4.69) is 15.6 Å². The van der Waals surface area contributed by atoms with Crippen LogP contribution in [0, 0.1) is 10.1 Å². The van der Waals surface area contributed by atoms with E-state index in [4.69, 9.17) is 0 Å². The normalized spacial score (nSPS) is 14.1. The molecule has 1 amide bonds. The van der Waals surface area contributed by atoms with E-state index in [1.807, 2.05) is 6.08 Å². The van der Waals surface area contributed by atoms with Crippen molar-refractivity contribution in [1.82, 2.24) is 15.6 Å². The van der Waals surface area contributed by atoms with Gasteiger partial charge in [0, 0.05) is 30.8 Å². The van der Waals surface area contributed by atoms with Crippen molar-refractivity contribution in [3.8, 4) is 0 Å². The van der Waals surface area contributed by atoms with Crippen molar-refractivity contribution < 1.29 is 18.1 Å². The maximum absolute atomic E-state index is 12.0. The second-order valence-corrected chi connectivity index (χ2v) is 6.96. The van der Waals surface area contributed by atoms with Crippen molar-refractivity contribution in [2.75, 3.05) is 6.54 Å². The van der Waals surface area contributed by atoms with Crippen LogP contribution in [0.4, 0.5) is 5.69 Å². The van der Waals surface area contributed by atoms with E-state index in [1.165, 1.54) is 0 Å². The quantitative estimate of drug-likeness (QED) is 0.471. The van der Waals surface area contributed by atoms with Crippen LogP contribution in [-0.4, -0.2) is 25.8 Å². The molecule has 0 atom stereocenters. The Bertz CT molecular complexity index is 743. The molecule has 0 saturated heterocycles. The number of hydrazine groups is 1. The Hall–Kier alpha value is -2.46. The summed E-state index contributed by atoms with van der Waals surface area (Å²) < 4.78 is 26.3. The molecular formula is C14H18N4O5S. The average Bonchev–Trinajstić information content (AvgIpc) is 3.06. The molecule has 0 unspecified atom stereocenters. The van der Waals surface area contributed by atoms with E-state index < -0.39 is 14.9 Å². The van der Waals surface area contributed by atoms with Crippen molar-refractivity contribution in [3.05, 3.63) is 46.2 Å². The minimum atomic E-state index is -3.81. The maximum Gasteiger partial charge on any atom is 0.269 e. The summed E-state index contributed by atoms with van der Waals surface area (Å²) in [6.45, 7) is -0.0775. The first kappa shape index (κ1) is 17.9. The van der Waals surface area contributed by atoms with Gasteiger partial charge in [0.25, 0.3) is 5.69 Å². The van der Waals surface area contributed by atoms with E-state index in [9.17, 15) is 23.3 Å². The molecule has 0 heterocycles. The molecule has 0 saturated carbocycles. The van der Waals surface area contributed by atoms with E-state index in [0.29, 0.717) is 0 Å². The number of hydrogen-bond acceptors (Lipinski definition) is 6. The number of nitro benzene ring substituents is 1. The molecule has 1 aromatic rings. The summed E-state index contributed by atoms with van der Waals surface area (Å²) in [6, 6.07) is 4.52. The van der Waals surface area contributed by atoms with Gasteiger partial charge < -0.3 is 5.43 Å². The third-order valence-electron chi connectivity index (χ3n) is 3.41. The average molecular weight is 354 g/mol. The fraction of sp³-hybridized carbons (Fsp3) is 0.357. The topological polar surface area (TPSA) is 130 Å². The lowest BCUT2D eigenvalue weighted by Crippen LogP contribution is -2.38. The molecule has 0 radical (unpaired) electrons. The Kier molecular flexibility index (Phi) is 5.88. The molecule has 1 aromatic carbocycles. The summed E-state index contributed by atoms with van der Waals surface area (Å²) in [4.78, 5) is 21.5. The fourth-order valence-electron chi connectivity index (χ4n) is 2.13.